The Balaban J connectivity index is 2.47. The van der Waals surface area contributed by atoms with Gasteiger partial charge in [-0.05, 0) is 50.3 Å². The van der Waals surface area contributed by atoms with E-state index < -0.39 is 5.60 Å². The summed E-state index contributed by atoms with van der Waals surface area (Å²) < 4.78 is 0. The number of nitrogens with one attached hydrogen (secondary N) is 1. The Labute approximate surface area is 121 Å². The van der Waals surface area contributed by atoms with Crippen LogP contribution in [0.25, 0.3) is 0 Å². The Morgan fingerprint density at radius 3 is 2.68 bits per heavy atom. The van der Waals surface area contributed by atoms with Gasteiger partial charge in [0.25, 0.3) is 0 Å². The fourth-order valence-electron chi connectivity index (χ4n) is 1.87. The van der Waals surface area contributed by atoms with Crippen LogP contribution in [-0.4, -0.2) is 22.2 Å². The van der Waals surface area contributed by atoms with E-state index in [1.165, 1.54) is 0 Å². The molecule has 2 unspecified atom stereocenters. The van der Waals surface area contributed by atoms with Gasteiger partial charge in [0.2, 0.25) is 0 Å². The second-order valence-electron chi connectivity index (χ2n) is 5.94. The maximum Gasteiger partial charge on any atom is 0.129 e. The minimum absolute atomic E-state index is 0.144. The molecule has 2 atom stereocenters. The average molecular weight is 285 g/mol. The van der Waals surface area contributed by atoms with Crippen LogP contribution in [0.1, 0.15) is 52.1 Å². The van der Waals surface area contributed by atoms with Crippen LogP contribution in [-0.2, 0) is 0 Å². The molecule has 0 aliphatic carbocycles. The van der Waals surface area contributed by atoms with Gasteiger partial charge in [0.15, 0.2) is 0 Å². The third-order valence-corrected chi connectivity index (χ3v) is 3.51. The second-order valence-corrected chi connectivity index (χ2v) is 6.33. The molecule has 0 aliphatic rings. The summed E-state index contributed by atoms with van der Waals surface area (Å²) >= 11 is 5.88. The van der Waals surface area contributed by atoms with Gasteiger partial charge in [0.1, 0.15) is 5.15 Å². The van der Waals surface area contributed by atoms with E-state index in [1.54, 1.807) is 6.20 Å². The molecule has 19 heavy (non-hydrogen) atoms. The number of aliphatic hydroxyl groups is 1. The predicted molar refractivity (Wildman–Crippen MR) is 80.4 cm³/mol. The molecule has 0 aromatic carbocycles. The lowest BCUT2D eigenvalue weighted by molar-refractivity contribution is 0.0430. The molecule has 3 nitrogen and oxygen atoms in total. The number of nitrogens with zero attached hydrogens (tertiary/aromatic N) is 1. The number of hydrogen-bond donors (Lipinski definition) is 2. The molecular weight excluding hydrogens is 260 g/mol. The molecule has 0 saturated carbocycles. The molecule has 1 aromatic heterocycles. The molecular formula is C15H25ClN2O. The maximum atomic E-state index is 10.3. The Bertz CT molecular complexity index is 393. The van der Waals surface area contributed by atoms with E-state index in [0.717, 1.165) is 18.4 Å². The van der Waals surface area contributed by atoms with E-state index in [4.69, 9.17) is 11.6 Å². The van der Waals surface area contributed by atoms with Gasteiger partial charge >= 0.3 is 0 Å². The zero-order chi connectivity index (χ0) is 14.5. The van der Waals surface area contributed by atoms with Crippen LogP contribution in [0.3, 0.4) is 0 Å². The topological polar surface area (TPSA) is 45.1 Å². The van der Waals surface area contributed by atoms with Crippen LogP contribution in [0, 0.1) is 5.92 Å². The van der Waals surface area contributed by atoms with Crippen molar-refractivity contribution in [3.63, 3.8) is 0 Å². The number of halogens is 1. The van der Waals surface area contributed by atoms with E-state index >= 15 is 0 Å². The zero-order valence-electron chi connectivity index (χ0n) is 12.3. The van der Waals surface area contributed by atoms with Crippen LogP contribution >= 0.6 is 11.6 Å². The molecule has 0 fully saturated rings. The van der Waals surface area contributed by atoms with Crippen LogP contribution in [0.2, 0.25) is 5.15 Å². The lowest BCUT2D eigenvalue weighted by Gasteiger charge is -2.27. The van der Waals surface area contributed by atoms with Gasteiger partial charge < -0.3 is 10.4 Å². The number of hydrogen-bond acceptors (Lipinski definition) is 3. The molecule has 1 aromatic rings. The fraction of sp³-hybridized carbons (Fsp3) is 0.667. The van der Waals surface area contributed by atoms with Crippen molar-refractivity contribution in [3.8, 4) is 0 Å². The quantitative estimate of drug-likeness (QED) is 0.753. The smallest absolute Gasteiger partial charge is 0.129 e. The van der Waals surface area contributed by atoms with Crippen molar-refractivity contribution in [1.82, 2.24) is 10.3 Å². The van der Waals surface area contributed by atoms with Crippen molar-refractivity contribution in [2.24, 2.45) is 5.92 Å². The minimum atomic E-state index is -0.671. The molecule has 0 amide bonds. The SMILES string of the molecule is CC(C)CCC(C)(O)CNC(C)c1ccnc(Cl)c1. The first kappa shape index (κ1) is 16.4. The van der Waals surface area contributed by atoms with Gasteiger partial charge in [-0.2, -0.15) is 0 Å². The Morgan fingerprint density at radius 2 is 2.11 bits per heavy atom. The van der Waals surface area contributed by atoms with Gasteiger partial charge in [0, 0.05) is 18.8 Å². The van der Waals surface area contributed by atoms with Crippen LogP contribution in [0.15, 0.2) is 18.3 Å². The van der Waals surface area contributed by atoms with E-state index in [0.29, 0.717) is 17.6 Å². The molecule has 1 rings (SSSR count). The highest BCUT2D eigenvalue weighted by molar-refractivity contribution is 6.29. The summed E-state index contributed by atoms with van der Waals surface area (Å²) in [5.41, 5.74) is 0.412. The zero-order valence-corrected chi connectivity index (χ0v) is 13.0. The second kappa shape index (κ2) is 7.22. The van der Waals surface area contributed by atoms with E-state index in [-0.39, 0.29) is 6.04 Å². The van der Waals surface area contributed by atoms with Gasteiger partial charge in [-0.15, -0.1) is 0 Å². The highest BCUT2D eigenvalue weighted by atomic mass is 35.5. The van der Waals surface area contributed by atoms with Crippen molar-refractivity contribution in [1.29, 1.82) is 0 Å². The summed E-state index contributed by atoms with van der Waals surface area (Å²) in [7, 11) is 0. The lowest BCUT2D eigenvalue weighted by atomic mass is 9.95. The lowest BCUT2D eigenvalue weighted by Crippen LogP contribution is -2.39. The summed E-state index contributed by atoms with van der Waals surface area (Å²) in [6.07, 6.45) is 3.54. The first-order valence-electron chi connectivity index (χ1n) is 6.87. The van der Waals surface area contributed by atoms with Gasteiger partial charge in [-0.1, -0.05) is 25.4 Å². The molecule has 4 heteroatoms. The molecule has 0 bridgehead atoms. The number of rotatable bonds is 7. The number of aromatic nitrogens is 1. The van der Waals surface area contributed by atoms with Crippen LogP contribution < -0.4 is 5.32 Å². The predicted octanol–water partition coefficient (Wildman–Crippen LogP) is 3.57. The van der Waals surface area contributed by atoms with E-state index in [9.17, 15) is 5.11 Å². The van der Waals surface area contributed by atoms with E-state index in [1.807, 2.05) is 19.1 Å². The average Bonchev–Trinajstić information content (AvgIpc) is 2.34. The summed E-state index contributed by atoms with van der Waals surface area (Å²) in [6, 6.07) is 3.93. The molecule has 0 spiro atoms. The van der Waals surface area contributed by atoms with Crippen LogP contribution in [0.4, 0.5) is 0 Å². The largest absolute Gasteiger partial charge is 0.389 e. The Morgan fingerprint density at radius 1 is 1.42 bits per heavy atom. The Kier molecular flexibility index (Phi) is 6.24. The highest BCUT2D eigenvalue weighted by Crippen LogP contribution is 2.19. The molecule has 1 heterocycles. The Hall–Kier alpha value is -0.640. The van der Waals surface area contributed by atoms with Crippen molar-refractivity contribution in [2.75, 3.05) is 6.54 Å². The maximum absolute atomic E-state index is 10.3. The van der Waals surface area contributed by atoms with Crippen molar-refractivity contribution in [2.45, 2.75) is 52.2 Å². The monoisotopic (exact) mass is 284 g/mol. The standard InChI is InChI=1S/C15H25ClN2O/c1-11(2)5-7-15(4,19)10-18-12(3)13-6-8-17-14(16)9-13/h6,8-9,11-12,18-19H,5,7,10H2,1-4H3. The summed E-state index contributed by atoms with van der Waals surface area (Å²) in [5.74, 6) is 0.614. The van der Waals surface area contributed by atoms with Gasteiger partial charge in [-0.25, -0.2) is 4.98 Å². The summed E-state index contributed by atoms with van der Waals surface area (Å²) in [5, 5.41) is 14.2. The van der Waals surface area contributed by atoms with E-state index in [2.05, 4.69) is 31.1 Å². The third-order valence-electron chi connectivity index (χ3n) is 3.30. The van der Waals surface area contributed by atoms with Crippen LogP contribution in [0.5, 0.6) is 0 Å². The minimum Gasteiger partial charge on any atom is -0.389 e. The normalized spacial score (nSPS) is 16.4. The molecule has 0 radical (unpaired) electrons. The molecule has 0 saturated heterocycles. The number of pyridine rings is 1. The summed E-state index contributed by atoms with van der Waals surface area (Å²) in [4.78, 5) is 3.97. The fourth-order valence-corrected chi connectivity index (χ4v) is 2.05. The van der Waals surface area contributed by atoms with Crippen molar-refractivity contribution < 1.29 is 5.11 Å². The molecule has 2 N–H and O–H groups in total. The summed E-state index contributed by atoms with van der Waals surface area (Å²) in [6.45, 7) is 8.86. The van der Waals surface area contributed by atoms with Gasteiger partial charge in [0.05, 0.1) is 5.60 Å². The van der Waals surface area contributed by atoms with Gasteiger partial charge in [-0.3, -0.25) is 0 Å². The first-order chi connectivity index (χ1) is 8.80. The van der Waals surface area contributed by atoms with Crippen molar-refractivity contribution in [3.05, 3.63) is 29.0 Å². The first-order valence-corrected chi connectivity index (χ1v) is 7.25. The molecule has 0 aliphatic heterocycles. The third kappa shape index (κ3) is 6.37. The molecule has 108 valence electrons. The van der Waals surface area contributed by atoms with Crippen molar-refractivity contribution >= 4 is 11.6 Å². The highest BCUT2D eigenvalue weighted by Gasteiger charge is 2.21.